The Hall–Kier alpha value is -1.22. The number of hydrogen-bond acceptors (Lipinski definition) is 6. The second kappa shape index (κ2) is 5.41. The molecule has 0 fully saturated rings. The zero-order chi connectivity index (χ0) is 16.2. The van der Waals surface area contributed by atoms with Gasteiger partial charge in [0.15, 0.2) is 5.82 Å². The number of halogens is 1. The van der Waals surface area contributed by atoms with Gasteiger partial charge in [-0.15, -0.1) is 22.7 Å². The molecule has 1 aliphatic rings. The summed E-state index contributed by atoms with van der Waals surface area (Å²) in [5.41, 5.74) is 1.19. The Bertz CT molecular complexity index is 1020. The Kier molecular flexibility index (Phi) is 3.60. The quantitative estimate of drug-likeness (QED) is 0.739. The molecular formula is C14H12ClN3O2S3. The molecule has 0 saturated carbocycles. The third kappa shape index (κ3) is 2.63. The highest BCUT2D eigenvalue weighted by Crippen LogP contribution is 2.40. The maximum absolute atomic E-state index is 12.6. The summed E-state index contributed by atoms with van der Waals surface area (Å²) in [4.78, 5) is 10.9. The summed E-state index contributed by atoms with van der Waals surface area (Å²) in [6.07, 6.45) is 3.07. The molecule has 0 radical (unpaired) electrons. The zero-order valence-electron chi connectivity index (χ0n) is 12.1. The van der Waals surface area contributed by atoms with E-state index < -0.39 is 10.0 Å². The van der Waals surface area contributed by atoms with Crippen LogP contribution >= 0.6 is 34.3 Å². The fraction of sp³-hybridized carbons (Fsp3) is 0.286. The maximum Gasteiger partial charge on any atom is 0.272 e. The SMILES string of the molecule is Cc1nc(NS(=O)(=O)c2ccc(Cl)s2)c2c3c(sc2n1)CCC3. The smallest absolute Gasteiger partial charge is 0.262 e. The van der Waals surface area contributed by atoms with E-state index in [0.717, 1.165) is 40.8 Å². The van der Waals surface area contributed by atoms with E-state index in [1.54, 1.807) is 24.3 Å². The fourth-order valence-electron chi connectivity index (χ4n) is 2.80. The van der Waals surface area contributed by atoms with Crippen molar-refractivity contribution in [3.63, 3.8) is 0 Å². The van der Waals surface area contributed by atoms with Gasteiger partial charge >= 0.3 is 0 Å². The molecule has 4 rings (SSSR count). The van der Waals surface area contributed by atoms with Gasteiger partial charge in [0.05, 0.1) is 9.72 Å². The number of nitrogens with zero attached hydrogens (tertiary/aromatic N) is 2. The van der Waals surface area contributed by atoms with Gasteiger partial charge in [0.1, 0.15) is 14.9 Å². The van der Waals surface area contributed by atoms with Crippen LogP contribution in [0.2, 0.25) is 4.34 Å². The first-order valence-corrected chi connectivity index (χ1v) is 10.5. The van der Waals surface area contributed by atoms with Crippen LogP contribution in [0.25, 0.3) is 10.2 Å². The molecule has 1 aliphatic carbocycles. The number of thiophene rings is 2. The predicted octanol–water partition coefficient (Wildman–Crippen LogP) is 4.00. The van der Waals surface area contributed by atoms with Gasteiger partial charge in [-0.3, -0.25) is 4.72 Å². The third-order valence-electron chi connectivity index (χ3n) is 3.72. The highest BCUT2D eigenvalue weighted by Gasteiger charge is 2.25. The molecule has 0 spiro atoms. The van der Waals surface area contributed by atoms with Gasteiger partial charge < -0.3 is 0 Å². The minimum absolute atomic E-state index is 0.179. The van der Waals surface area contributed by atoms with Crippen molar-refractivity contribution in [3.8, 4) is 0 Å². The zero-order valence-corrected chi connectivity index (χ0v) is 15.3. The van der Waals surface area contributed by atoms with Crippen molar-refractivity contribution >= 4 is 60.3 Å². The normalized spacial score (nSPS) is 14.3. The molecule has 9 heteroatoms. The monoisotopic (exact) mass is 385 g/mol. The van der Waals surface area contributed by atoms with Crippen LogP contribution in [-0.4, -0.2) is 18.4 Å². The molecule has 23 heavy (non-hydrogen) atoms. The molecule has 0 aliphatic heterocycles. The predicted molar refractivity (Wildman–Crippen MR) is 94.3 cm³/mol. The standard InChI is InChI=1S/C14H12ClN3O2S3/c1-7-16-13(18-23(19,20)11-6-5-10(15)22-11)12-8-3-2-4-9(8)21-14(12)17-7/h5-6H,2-4H2,1H3,(H,16,17,18). The number of aryl methyl sites for hydroxylation is 3. The summed E-state index contributed by atoms with van der Waals surface area (Å²) in [7, 11) is -3.70. The number of nitrogens with one attached hydrogen (secondary N) is 1. The third-order valence-corrected chi connectivity index (χ3v) is 7.97. The van der Waals surface area contributed by atoms with Crippen LogP contribution in [0.3, 0.4) is 0 Å². The van der Waals surface area contributed by atoms with Crippen molar-refractivity contribution in [2.75, 3.05) is 4.72 Å². The minimum atomic E-state index is -3.70. The Morgan fingerprint density at radius 3 is 2.78 bits per heavy atom. The van der Waals surface area contributed by atoms with Gasteiger partial charge in [0.2, 0.25) is 0 Å². The number of hydrogen-bond donors (Lipinski definition) is 1. The van der Waals surface area contributed by atoms with E-state index >= 15 is 0 Å². The largest absolute Gasteiger partial charge is 0.272 e. The second-order valence-corrected chi connectivity index (χ2v) is 10.0. The number of anilines is 1. The maximum atomic E-state index is 12.6. The molecule has 0 atom stereocenters. The number of rotatable bonds is 3. The number of sulfonamides is 1. The van der Waals surface area contributed by atoms with E-state index in [1.165, 1.54) is 16.5 Å². The molecule has 0 amide bonds. The van der Waals surface area contributed by atoms with E-state index in [0.29, 0.717) is 16.0 Å². The highest BCUT2D eigenvalue weighted by molar-refractivity contribution is 7.94. The number of aromatic nitrogens is 2. The lowest BCUT2D eigenvalue weighted by Crippen LogP contribution is -2.13. The number of fused-ring (bicyclic) bond motifs is 3. The molecule has 3 aromatic heterocycles. The highest BCUT2D eigenvalue weighted by atomic mass is 35.5. The molecule has 0 saturated heterocycles. The van der Waals surface area contributed by atoms with E-state index in [-0.39, 0.29) is 4.21 Å². The van der Waals surface area contributed by atoms with Gasteiger partial charge in [0, 0.05) is 4.88 Å². The molecule has 0 unspecified atom stereocenters. The summed E-state index contributed by atoms with van der Waals surface area (Å²) < 4.78 is 28.4. The van der Waals surface area contributed by atoms with Crippen LogP contribution in [0.1, 0.15) is 22.7 Å². The summed E-state index contributed by atoms with van der Waals surface area (Å²) in [5.74, 6) is 0.927. The summed E-state index contributed by atoms with van der Waals surface area (Å²) in [5, 5.41) is 0.847. The van der Waals surface area contributed by atoms with Gasteiger partial charge in [0.25, 0.3) is 10.0 Å². The van der Waals surface area contributed by atoms with Gasteiger partial charge in [-0.25, -0.2) is 18.4 Å². The van der Waals surface area contributed by atoms with Crippen molar-refractivity contribution < 1.29 is 8.42 Å². The Morgan fingerprint density at radius 1 is 1.22 bits per heavy atom. The van der Waals surface area contributed by atoms with Crippen LogP contribution in [0.4, 0.5) is 5.82 Å². The second-order valence-electron chi connectivity index (χ2n) is 5.32. The summed E-state index contributed by atoms with van der Waals surface area (Å²) in [6.45, 7) is 1.77. The van der Waals surface area contributed by atoms with E-state index in [4.69, 9.17) is 11.6 Å². The Balaban J connectivity index is 1.86. The molecule has 1 N–H and O–H groups in total. The fourth-order valence-corrected chi connectivity index (χ4v) is 6.60. The lowest BCUT2D eigenvalue weighted by Gasteiger charge is -2.08. The average Bonchev–Trinajstić information content (AvgIpc) is 3.12. The van der Waals surface area contributed by atoms with E-state index in [1.807, 2.05) is 0 Å². The molecule has 3 aromatic rings. The van der Waals surface area contributed by atoms with E-state index in [9.17, 15) is 8.42 Å². The van der Waals surface area contributed by atoms with Gasteiger partial charge in [-0.05, 0) is 43.9 Å². The topological polar surface area (TPSA) is 72.0 Å². The van der Waals surface area contributed by atoms with Crippen molar-refractivity contribution in [1.82, 2.24) is 9.97 Å². The Labute approximate surface area is 146 Å². The lowest BCUT2D eigenvalue weighted by atomic mass is 10.2. The van der Waals surface area contributed by atoms with Gasteiger partial charge in [-0.2, -0.15) is 0 Å². The van der Waals surface area contributed by atoms with Crippen molar-refractivity contribution in [3.05, 3.63) is 32.7 Å². The van der Waals surface area contributed by atoms with Crippen LogP contribution in [-0.2, 0) is 22.9 Å². The van der Waals surface area contributed by atoms with Crippen molar-refractivity contribution in [2.24, 2.45) is 0 Å². The molecule has 3 heterocycles. The average molecular weight is 386 g/mol. The summed E-state index contributed by atoms with van der Waals surface area (Å²) >= 11 is 8.51. The molecule has 120 valence electrons. The molecular weight excluding hydrogens is 374 g/mol. The van der Waals surface area contributed by atoms with E-state index in [2.05, 4.69) is 14.7 Å². The summed E-state index contributed by atoms with van der Waals surface area (Å²) in [6, 6.07) is 3.07. The first kappa shape index (κ1) is 15.3. The van der Waals surface area contributed by atoms with Crippen LogP contribution in [0.15, 0.2) is 16.3 Å². The first-order chi connectivity index (χ1) is 10.9. The van der Waals surface area contributed by atoms with Crippen LogP contribution < -0.4 is 4.72 Å². The molecule has 0 aromatic carbocycles. The van der Waals surface area contributed by atoms with Crippen LogP contribution in [0.5, 0.6) is 0 Å². The van der Waals surface area contributed by atoms with Crippen molar-refractivity contribution in [2.45, 2.75) is 30.4 Å². The van der Waals surface area contributed by atoms with Crippen LogP contribution in [0, 0.1) is 6.92 Å². The Morgan fingerprint density at radius 2 is 2.04 bits per heavy atom. The minimum Gasteiger partial charge on any atom is -0.262 e. The first-order valence-electron chi connectivity index (χ1n) is 7.01. The van der Waals surface area contributed by atoms with Crippen molar-refractivity contribution in [1.29, 1.82) is 0 Å². The molecule has 5 nitrogen and oxygen atoms in total. The lowest BCUT2D eigenvalue weighted by molar-refractivity contribution is 0.603. The molecule has 0 bridgehead atoms. The van der Waals surface area contributed by atoms with Gasteiger partial charge in [-0.1, -0.05) is 11.6 Å².